The van der Waals surface area contributed by atoms with Crippen molar-refractivity contribution in [3.05, 3.63) is 35.9 Å². The summed E-state index contributed by atoms with van der Waals surface area (Å²) in [4.78, 5) is 4.90. The van der Waals surface area contributed by atoms with E-state index in [2.05, 4.69) is 30.3 Å². The summed E-state index contributed by atoms with van der Waals surface area (Å²) in [5.41, 5.74) is 1.16. The topological polar surface area (TPSA) is 21.6 Å². The molecule has 2 saturated carbocycles. The molecule has 2 nitrogen and oxygen atoms in total. The summed E-state index contributed by atoms with van der Waals surface area (Å²) in [5.74, 6) is 2.33. The second-order valence-electron chi connectivity index (χ2n) is 7.71. The van der Waals surface area contributed by atoms with Gasteiger partial charge in [0.05, 0.1) is 6.54 Å². The van der Waals surface area contributed by atoms with Gasteiger partial charge in [-0.3, -0.25) is 0 Å². The van der Waals surface area contributed by atoms with E-state index in [9.17, 15) is 0 Å². The van der Waals surface area contributed by atoms with Crippen molar-refractivity contribution in [1.82, 2.24) is 0 Å². The molecule has 0 unspecified atom stereocenters. The first-order chi connectivity index (χ1) is 11.4. The lowest BCUT2D eigenvalue weighted by Crippen LogP contribution is -2.50. The van der Waals surface area contributed by atoms with E-state index < -0.39 is 0 Å². The molecule has 4 rings (SSSR count). The molecule has 1 aromatic rings. The molecule has 0 N–H and O–H groups in total. The predicted octanol–water partition coefficient (Wildman–Crippen LogP) is 5.36. The maximum atomic E-state index is 6.76. The third kappa shape index (κ3) is 2.93. The van der Waals surface area contributed by atoms with Crippen LogP contribution in [0.3, 0.4) is 0 Å². The molecule has 1 aromatic carbocycles. The lowest BCUT2D eigenvalue weighted by molar-refractivity contribution is -0.0567. The van der Waals surface area contributed by atoms with E-state index in [0.29, 0.717) is 11.8 Å². The summed E-state index contributed by atoms with van der Waals surface area (Å²) in [6, 6.07) is 10.5. The highest BCUT2D eigenvalue weighted by Crippen LogP contribution is 2.47. The van der Waals surface area contributed by atoms with Crippen LogP contribution >= 0.6 is 0 Å². The Morgan fingerprint density at radius 3 is 1.91 bits per heavy atom. The molecule has 124 valence electrons. The van der Waals surface area contributed by atoms with E-state index in [1.165, 1.54) is 64.2 Å². The number of ether oxygens (including phenoxy) is 1. The van der Waals surface area contributed by atoms with E-state index in [-0.39, 0.29) is 5.60 Å². The van der Waals surface area contributed by atoms with E-state index in [1.54, 1.807) is 0 Å². The highest BCUT2D eigenvalue weighted by atomic mass is 16.5. The zero-order valence-electron chi connectivity index (χ0n) is 14.2. The average Bonchev–Trinajstić information content (AvgIpc) is 3.11. The molecule has 0 spiro atoms. The van der Waals surface area contributed by atoms with Crippen LogP contribution in [0.5, 0.6) is 0 Å². The fourth-order valence-electron chi connectivity index (χ4n) is 5.11. The molecule has 2 heteroatoms. The molecular weight excluding hydrogens is 282 g/mol. The molecule has 0 amide bonds. The van der Waals surface area contributed by atoms with Gasteiger partial charge in [0.25, 0.3) is 0 Å². The summed E-state index contributed by atoms with van der Waals surface area (Å²) in [6.45, 7) is 0.895. The summed E-state index contributed by atoms with van der Waals surface area (Å²) in [7, 11) is 0. The first-order valence-corrected chi connectivity index (χ1v) is 9.67. The number of aliphatic imine (C=N–C) groups is 1. The van der Waals surface area contributed by atoms with Crippen LogP contribution in [0.25, 0.3) is 0 Å². The van der Waals surface area contributed by atoms with Crippen molar-refractivity contribution >= 4 is 5.90 Å². The fraction of sp³-hybridized carbons (Fsp3) is 0.667. The van der Waals surface area contributed by atoms with Crippen molar-refractivity contribution in [2.75, 3.05) is 6.54 Å². The number of nitrogens with zero attached hydrogens (tertiary/aromatic N) is 1. The average molecular weight is 311 g/mol. The maximum absolute atomic E-state index is 6.76. The van der Waals surface area contributed by atoms with Crippen molar-refractivity contribution in [3.8, 4) is 0 Å². The van der Waals surface area contributed by atoms with Gasteiger partial charge in [-0.1, -0.05) is 56.7 Å². The Labute approximate surface area is 140 Å². The number of rotatable bonds is 3. The lowest BCUT2D eigenvalue weighted by Gasteiger charge is -2.45. The van der Waals surface area contributed by atoms with E-state index in [4.69, 9.17) is 9.73 Å². The first-order valence-electron chi connectivity index (χ1n) is 9.67. The number of hydrogen-bond donors (Lipinski definition) is 0. The van der Waals surface area contributed by atoms with E-state index in [0.717, 1.165) is 18.0 Å². The summed E-state index contributed by atoms with van der Waals surface area (Å²) >= 11 is 0. The van der Waals surface area contributed by atoms with Gasteiger partial charge >= 0.3 is 0 Å². The summed E-state index contributed by atoms with van der Waals surface area (Å²) in [6.07, 6.45) is 13.7. The zero-order chi connectivity index (χ0) is 15.5. The second-order valence-corrected chi connectivity index (χ2v) is 7.71. The van der Waals surface area contributed by atoms with Gasteiger partial charge in [-0.2, -0.15) is 0 Å². The standard InChI is InChI=1S/C21H29NO/c1-4-10-17(11-5-1)20-22-16-21(23-20,18-12-6-2-7-13-18)19-14-8-3-9-15-19/h1,4-5,10-11,18-19H,2-3,6-9,12-16H2. The van der Waals surface area contributed by atoms with Crippen LogP contribution in [0, 0.1) is 11.8 Å². The molecule has 0 saturated heterocycles. The van der Waals surface area contributed by atoms with Gasteiger partial charge in [0.15, 0.2) is 0 Å². The minimum absolute atomic E-state index is 0.00597. The van der Waals surface area contributed by atoms with Gasteiger partial charge in [0, 0.05) is 17.4 Å². The number of benzene rings is 1. The second kappa shape index (κ2) is 6.67. The van der Waals surface area contributed by atoms with Gasteiger partial charge in [-0.15, -0.1) is 0 Å². The lowest BCUT2D eigenvalue weighted by atomic mass is 9.66. The van der Waals surface area contributed by atoms with Crippen molar-refractivity contribution < 1.29 is 4.74 Å². The Bertz CT molecular complexity index is 520. The quantitative estimate of drug-likeness (QED) is 0.736. The predicted molar refractivity (Wildman–Crippen MR) is 94.8 cm³/mol. The maximum Gasteiger partial charge on any atom is 0.216 e. The summed E-state index contributed by atoms with van der Waals surface area (Å²) < 4.78 is 6.76. The minimum atomic E-state index is 0.00597. The zero-order valence-corrected chi connectivity index (χ0v) is 14.2. The van der Waals surface area contributed by atoms with Crippen LogP contribution in [-0.2, 0) is 4.74 Å². The third-order valence-corrected chi connectivity index (χ3v) is 6.37. The molecule has 1 heterocycles. The Balaban J connectivity index is 1.59. The van der Waals surface area contributed by atoms with Crippen molar-refractivity contribution in [2.45, 2.75) is 69.8 Å². The third-order valence-electron chi connectivity index (χ3n) is 6.37. The molecule has 2 fully saturated rings. The highest BCUT2D eigenvalue weighted by molar-refractivity contribution is 5.95. The van der Waals surface area contributed by atoms with Gasteiger partial charge in [-0.05, 0) is 37.8 Å². The Kier molecular flexibility index (Phi) is 4.41. The van der Waals surface area contributed by atoms with E-state index in [1.807, 2.05) is 0 Å². The normalized spacial score (nSPS) is 25.8. The first kappa shape index (κ1) is 15.2. The van der Waals surface area contributed by atoms with Gasteiger partial charge in [0.1, 0.15) is 5.60 Å². The molecule has 2 aliphatic carbocycles. The molecule has 0 bridgehead atoms. The van der Waals surface area contributed by atoms with Crippen molar-refractivity contribution in [1.29, 1.82) is 0 Å². The van der Waals surface area contributed by atoms with Crippen LogP contribution in [0.15, 0.2) is 35.3 Å². The smallest absolute Gasteiger partial charge is 0.216 e. The van der Waals surface area contributed by atoms with Crippen LogP contribution in [0.2, 0.25) is 0 Å². The molecular formula is C21H29NO. The van der Waals surface area contributed by atoms with Crippen LogP contribution in [0.1, 0.15) is 69.8 Å². The fourth-order valence-corrected chi connectivity index (χ4v) is 5.11. The summed E-state index contributed by atoms with van der Waals surface area (Å²) in [5, 5.41) is 0. The Morgan fingerprint density at radius 2 is 1.35 bits per heavy atom. The number of hydrogen-bond acceptors (Lipinski definition) is 2. The molecule has 1 aliphatic heterocycles. The molecule has 0 aromatic heterocycles. The molecule has 0 atom stereocenters. The Morgan fingerprint density at radius 1 is 0.783 bits per heavy atom. The SMILES string of the molecule is c1ccc(C2=NCC(C3CCCCC3)(C3CCCCC3)O2)cc1. The highest BCUT2D eigenvalue weighted by Gasteiger charge is 2.51. The van der Waals surface area contributed by atoms with Gasteiger partial charge in [-0.25, -0.2) is 4.99 Å². The molecule has 0 radical (unpaired) electrons. The molecule has 3 aliphatic rings. The minimum Gasteiger partial charge on any atom is -0.468 e. The van der Waals surface area contributed by atoms with Crippen molar-refractivity contribution in [3.63, 3.8) is 0 Å². The van der Waals surface area contributed by atoms with Crippen LogP contribution in [-0.4, -0.2) is 18.0 Å². The van der Waals surface area contributed by atoms with Crippen LogP contribution in [0.4, 0.5) is 0 Å². The van der Waals surface area contributed by atoms with E-state index >= 15 is 0 Å². The molecule has 23 heavy (non-hydrogen) atoms. The van der Waals surface area contributed by atoms with Gasteiger partial charge in [0.2, 0.25) is 5.90 Å². The van der Waals surface area contributed by atoms with Crippen molar-refractivity contribution in [2.24, 2.45) is 16.8 Å². The largest absolute Gasteiger partial charge is 0.468 e. The van der Waals surface area contributed by atoms with Gasteiger partial charge < -0.3 is 4.74 Å². The van der Waals surface area contributed by atoms with Crippen LogP contribution < -0.4 is 0 Å². The Hall–Kier alpha value is -1.31. The monoisotopic (exact) mass is 311 g/mol.